The molecule has 0 aromatic heterocycles. The van der Waals surface area contributed by atoms with Gasteiger partial charge in [-0.2, -0.15) is 0 Å². The van der Waals surface area contributed by atoms with Crippen LogP contribution in [0.1, 0.15) is 24.8 Å². The lowest BCUT2D eigenvalue weighted by molar-refractivity contribution is -0.149. The van der Waals surface area contributed by atoms with Crippen molar-refractivity contribution in [3.63, 3.8) is 0 Å². The van der Waals surface area contributed by atoms with E-state index in [0.29, 0.717) is 18.9 Å². The van der Waals surface area contributed by atoms with Gasteiger partial charge in [-0.1, -0.05) is 30.3 Å². The van der Waals surface area contributed by atoms with Crippen LogP contribution in [0.15, 0.2) is 30.3 Å². The van der Waals surface area contributed by atoms with Gasteiger partial charge in [0.25, 0.3) is 0 Å². The van der Waals surface area contributed by atoms with Gasteiger partial charge in [-0.15, -0.1) is 0 Å². The molecule has 3 aliphatic rings. The molecule has 0 unspecified atom stereocenters. The number of fused-ring (bicyclic) bond motifs is 3. The van der Waals surface area contributed by atoms with Gasteiger partial charge in [-0.25, -0.2) is 4.79 Å². The number of piperidine rings is 2. The number of hydrogen-bond acceptors (Lipinski definition) is 3. The summed E-state index contributed by atoms with van der Waals surface area (Å²) in [4.78, 5) is 25.2. The van der Waals surface area contributed by atoms with Gasteiger partial charge in [-0.3, -0.25) is 4.79 Å². The number of hydrogen-bond donors (Lipinski definition) is 1. The number of amides is 1. The van der Waals surface area contributed by atoms with E-state index in [-0.39, 0.29) is 18.7 Å². The van der Waals surface area contributed by atoms with Gasteiger partial charge in [0.15, 0.2) is 0 Å². The highest BCUT2D eigenvalue weighted by atomic mass is 16.6. The molecule has 0 spiro atoms. The van der Waals surface area contributed by atoms with Crippen molar-refractivity contribution in [2.75, 3.05) is 6.54 Å². The number of carbonyl (C=O) groups is 2. The maximum Gasteiger partial charge on any atom is 0.410 e. The molecule has 2 heterocycles. The molecule has 2 aliphatic heterocycles. The molecule has 5 nitrogen and oxygen atoms in total. The predicted octanol–water partition coefficient (Wildman–Crippen LogP) is 2.51. The highest BCUT2D eigenvalue weighted by Gasteiger charge is 2.46. The molecule has 1 N–H and O–H groups in total. The summed E-state index contributed by atoms with van der Waals surface area (Å²) in [5.74, 6) is -0.951. The molecule has 1 aromatic carbocycles. The fraction of sp³-hybridized carbons (Fsp3) is 0.500. The number of benzene rings is 1. The van der Waals surface area contributed by atoms with Gasteiger partial charge in [0, 0.05) is 12.6 Å². The second-order valence-electron chi connectivity index (χ2n) is 5.88. The summed E-state index contributed by atoms with van der Waals surface area (Å²) < 4.78 is 5.34. The number of rotatable bonds is 3. The average molecular weight is 289 g/mol. The highest BCUT2D eigenvalue weighted by Crippen LogP contribution is 2.39. The van der Waals surface area contributed by atoms with E-state index in [0.717, 1.165) is 18.4 Å². The first-order valence-corrected chi connectivity index (χ1v) is 7.35. The van der Waals surface area contributed by atoms with E-state index >= 15 is 0 Å². The Labute approximate surface area is 123 Å². The molecule has 4 rings (SSSR count). The van der Waals surface area contributed by atoms with Crippen LogP contribution in [0.2, 0.25) is 0 Å². The average Bonchev–Trinajstić information content (AvgIpc) is 2.53. The second-order valence-corrected chi connectivity index (χ2v) is 5.88. The van der Waals surface area contributed by atoms with Gasteiger partial charge >= 0.3 is 12.1 Å². The summed E-state index contributed by atoms with van der Waals surface area (Å²) in [5.41, 5.74) is 0.933. The van der Waals surface area contributed by atoms with Crippen molar-refractivity contribution in [3.8, 4) is 0 Å². The first-order chi connectivity index (χ1) is 10.1. The van der Waals surface area contributed by atoms with Crippen LogP contribution in [0.25, 0.3) is 0 Å². The largest absolute Gasteiger partial charge is 0.481 e. The molecule has 21 heavy (non-hydrogen) atoms. The Balaban J connectivity index is 1.63. The number of carboxylic acids is 1. The van der Waals surface area contributed by atoms with Crippen LogP contribution in [-0.4, -0.2) is 34.7 Å². The Morgan fingerprint density at radius 2 is 2.00 bits per heavy atom. The molecule has 2 saturated heterocycles. The molecule has 1 aliphatic carbocycles. The van der Waals surface area contributed by atoms with Crippen LogP contribution >= 0.6 is 0 Å². The van der Waals surface area contributed by atoms with E-state index in [9.17, 15) is 14.7 Å². The smallest absolute Gasteiger partial charge is 0.410 e. The lowest BCUT2D eigenvalue weighted by atomic mass is 9.73. The van der Waals surface area contributed by atoms with Crippen LogP contribution in [0, 0.1) is 11.8 Å². The molecule has 3 atom stereocenters. The minimum absolute atomic E-state index is 0.212. The molecule has 1 saturated carbocycles. The zero-order valence-corrected chi connectivity index (χ0v) is 11.8. The Kier molecular flexibility index (Phi) is 3.82. The Hall–Kier alpha value is -2.04. The lowest BCUT2D eigenvalue weighted by Crippen LogP contribution is -2.57. The number of nitrogens with zero attached hydrogens (tertiary/aromatic N) is 1. The van der Waals surface area contributed by atoms with Crippen molar-refractivity contribution in [1.29, 1.82) is 0 Å². The van der Waals surface area contributed by atoms with Gasteiger partial charge < -0.3 is 14.7 Å². The van der Waals surface area contributed by atoms with E-state index in [1.165, 1.54) is 0 Å². The van der Waals surface area contributed by atoms with Crippen LogP contribution in [-0.2, 0) is 16.1 Å². The monoisotopic (exact) mass is 289 g/mol. The number of ether oxygens (including phenoxy) is 1. The molecule has 3 fully saturated rings. The van der Waals surface area contributed by atoms with E-state index in [4.69, 9.17) is 4.74 Å². The number of carbonyl (C=O) groups excluding carboxylic acids is 1. The van der Waals surface area contributed by atoms with Crippen LogP contribution in [0.4, 0.5) is 4.79 Å². The Morgan fingerprint density at radius 1 is 1.24 bits per heavy atom. The minimum atomic E-state index is -0.801. The van der Waals surface area contributed by atoms with Crippen LogP contribution < -0.4 is 0 Å². The fourth-order valence-corrected chi connectivity index (χ4v) is 3.47. The molecule has 0 radical (unpaired) electrons. The standard InChI is InChI=1S/C16H19NO4/c18-15(19)13-8-12-6-7-14(13)17(9-12)16(20)21-10-11-4-2-1-3-5-11/h1-5,12-14H,6-10H2,(H,18,19)/t12-,13-,14+/m0/s1. The predicted molar refractivity (Wildman–Crippen MR) is 75.6 cm³/mol. The van der Waals surface area contributed by atoms with Crippen molar-refractivity contribution < 1.29 is 19.4 Å². The number of aliphatic carboxylic acids is 1. The molecule has 5 heteroatoms. The van der Waals surface area contributed by atoms with Crippen LogP contribution in [0.3, 0.4) is 0 Å². The van der Waals surface area contributed by atoms with Gasteiger partial charge in [0.05, 0.1) is 5.92 Å². The van der Waals surface area contributed by atoms with Crippen molar-refractivity contribution in [1.82, 2.24) is 4.90 Å². The third kappa shape index (κ3) is 2.86. The maximum absolute atomic E-state index is 12.2. The van der Waals surface area contributed by atoms with E-state index < -0.39 is 11.9 Å². The molecule has 1 aromatic rings. The van der Waals surface area contributed by atoms with Gasteiger partial charge in [-0.05, 0) is 30.7 Å². The zero-order valence-electron chi connectivity index (χ0n) is 11.8. The summed E-state index contributed by atoms with van der Waals surface area (Å²) >= 11 is 0. The number of carboxylic acid groups (broad SMARTS) is 1. The van der Waals surface area contributed by atoms with Gasteiger partial charge in [0.1, 0.15) is 6.61 Å². The second kappa shape index (κ2) is 5.76. The third-order valence-corrected chi connectivity index (χ3v) is 4.53. The molecule has 2 bridgehead atoms. The summed E-state index contributed by atoms with van der Waals surface area (Å²) in [6, 6.07) is 9.28. The summed E-state index contributed by atoms with van der Waals surface area (Å²) in [5, 5.41) is 9.29. The highest BCUT2D eigenvalue weighted by molar-refractivity contribution is 5.74. The summed E-state index contributed by atoms with van der Waals surface area (Å²) in [6.07, 6.45) is 2.07. The quantitative estimate of drug-likeness (QED) is 0.928. The molecular weight excluding hydrogens is 270 g/mol. The summed E-state index contributed by atoms with van der Waals surface area (Å²) in [7, 11) is 0. The first kappa shape index (κ1) is 13.9. The van der Waals surface area contributed by atoms with Crippen molar-refractivity contribution in [2.45, 2.75) is 31.9 Å². The minimum Gasteiger partial charge on any atom is -0.481 e. The van der Waals surface area contributed by atoms with Crippen molar-refractivity contribution in [3.05, 3.63) is 35.9 Å². The lowest BCUT2D eigenvalue weighted by Gasteiger charge is -2.47. The van der Waals surface area contributed by atoms with E-state index in [2.05, 4.69) is 0 Å². The topological polar surface area (TPSA) is 66.8 Å². The fourth-order valence-electron chi connectivity index (χ4n) is 3.47. The Bertz CT molecular complexity index is 530. The first-order valence-electron chi connectivity index (χ1n) is 7.35. The van der Waals surface area contributed by atoms with E-state index in [1.54, 1.807) is 4.90 Å². The van der Waals surface area contributed by atoms with Crippen LogP contribution in [0.5, 0.6) is 0 Å². The molecule has 1 amide bonds. The normalized spacial score (nSPS) is 27.4. The zero-order chi connectivity index (χ0) is 14.8. The summed E-state index contributed by atoms with van der Waals surface area (Å²) in [6.45, 7) is 0.855. The van der Waals surface area contributed by atoms with E-state index in [1.807, 2.05) is 30.3 Å². The van der Waals surface area contributed by atoms with Crippen molar-refractivity contribution >= 4 is 12.1 Å². The SMILES string of the molecule is O=C(O)[C@H]1C[C@@H]2CC[C@H]1N(C(=O)OCc1ccccc1)C2. The molecule has 112 valence electrons. The molecular formula is C16H19NO4. The maximum atomic E-state index is 12.2. The van der Waals surface area contributed by atoms with Crippen molar-refractivity contribution in [2.24, 2.45) is 11.8 Å². The third-order valence-electron chi connectivity index (χ3n) is 4.53. The Morgan fingerprint density at radius 3 is 2.67 bits per heavy atom. The van der Waals surface area contributed by atoms with Gasteiger partial charge in [0.2, 0.25) is 0 Å².